The van der Waals surface area contributed by atoms with Crippen LogP contribution in [-0.4, -0.2) is 40.2 Å². The highest BCUT2D eigenvalue weighted by Crippen LogP contribution is 2.25. The fourth-order valence-corrected chi connectivity index (χ4v) is 4.45. The number of carbonyl (C=O) groups is 1. The first-order valence-corrected chi connectivity index (χ1v) is 12.0. The molecule has 178 valence electrons. The smallest absolute Gasteiger partial charge is 0.274 e. The first-order valence-electron chi connectivity index (χ1n) is 12.0. The molecule has 1 N–H and O–H groups in total. The number of carbonyl (C=O) groups excluding carboxylic acids is 1. The lowest BCUT2D eigenvalue weighted by atomic mass is 10.1. The lowest BCUT2D eigenvalue weighted by molar-refractivity contribution is 0.0948. The number of likely N-dealkylation sites (tertiary alicyclic amines) is 1. The van der Waals surface area contributed by atoms with E-state index in [1.165, 1.54) is 17.5 Å². The molecule has 0 aliphatic carbocycles. The minimum atomic E-state index is -0.266. The number of nitrogens with one attached hydrogen (secondary N) is 1. The average molecular weight is 469 g/mol. The zero-order chi connectivity index (χ0) is 24.0. The molecule has 1 aliphatic heterocycles. The van der Waals surface area contributed by atoms with Crippen LogP contribution in [0.1, 0.15) is 28.9 Å². The maximum atomic E-state index is 13.1. The molecule has 0 radical (unpaired) electrons. The molecule has 1 amide bonds. The maximum Gasteiger partial charge on any atom is 0.274 e. The van der Waals surface area contributed by atoms with E-state index < -0.39 is 0 Å². The molecule has 1 fully saturated rings. The number of hydrogen-bond donors (Lipinski definition) is 1. The first kappa shape index (κ1) is 22.8. The van der Waals surface area contributed by atoms with Gasteiger partial charge in [-0.1, -0.05) is 48.5 Å². The van der Waals surface area contributed by atoms with Crippen LogP contribution < -0.4 is 15.6 Å². The Labute approximate surface area is 204 Å². The Kier molecular flexibility index (Phi) is 6.86. The summed E-state index contributed by atoms with van der Waals surface area (Å²) in [5.41, 5.74) is 0.996. The summed E-state index contributed by atoms with van der Waals surface area (Å²) in [6.07, 6.45) is 2.40. The van der Waals surface area contributed by atoms with E-state index in [0.717, 1.165) is 25.0 Å². The van der Waals surface area contributed by atoms with Crippen LogP contribution in [0.3, 0.4) is 0 Å². The van der Waals surface area contributed by atoms with E-state index >= 15 is 0 Å². The molecule has 1 saturated heterocycles. The fraction of sp³-hybridized carbons (Fsp3) is 0.250. The van der Waals surface area contributed by atoms with E-state index in [0.29, 0.717) is 34.7 Å². The van der Waals surface area contributed by atoms with Crippen molar-refractivity contribution in [3.8, 4) is 11.5 Å². The summed E-state index contributed by atoms with van der Waals surface area (Å²) in [6, 6.07) is 23.9. The van der Waals surface area contributed by atoms with Crippen LogP contribution >= 0.6 is 0 Å². The third-order valence-corrected chi connectivity index (χ3v) is 6.29. The van der Waals surface area contributed by atoms with Gasteiger partial charge in [0, 0.05) is 11.9 Å². The molecule has 5 rings (SSSR count). The Morgan fingerprint density at radius 2 is 1.54 bits per heavy atom. The summed E-state index contributed by atoms with van der Waals surface area (Å²) in [6.45, 7) is 3.65. The van der Waals surface area contributed by atoms with Crippen molar-refractivity contribution in [1.82, 2.24) is 20.0 Å². The van der Waals surface area contributed by atoms with E-state index in [9.17, 15) is 9.59 Å². The minimum Gasteiger partial charge on any atom is -0.457 e. The summed E-state index contributed by atoms with van der Waals surface area (Å²) in [5, 5.41) is 8.98. The SMILES string of the molecule is O=C(NCc1nn(CCN2CCCC2)c(=O)c2ccccc12)c1ccccc1Oc1ccccc1. The molecule has 4 aromatic rings. The molecule has 2 heterocycles. The normalized spacial score (nSPS) is 13.7. The number of hydrogen-bond acceptors (Lipinski definition) is 5. The van der Waals surface area contributed by atoms with Gasteiger partial charge in [0.05, 0.1) is 29.7 Å². The van der Waals surface area contributed by atoms with Gasteiger partial charge in [-0.15, -0.1) is 0 Å². The van der Waals surface area contributed by atoms with Crippen LogP contribution in [0.4, 0.5) is 0 Å². The van der Waals surface area contributed by atoms with Crippen molar-refractivity contribution < 1.29 is 9.53 Å². The Bertz CT molecular complexity index is 1380. The Morgan fingerprint density at radius 3 is 2.34 bits per heavy atom. The van der Waals surface area contributed by atoms with Crippen molar-refractivity contribution in [2.24, 2.45) is 0 Å². The van der Waals surface area contributed by atoms with Crippen molar-refractivity contribution in [3.05, 3.63) is 100 Å². The largest absolute Gasteiger partial charge is 0.457 e. The van der Waals surface area contributed by atoms with E-state index in [2.05, 4.69) is 15.3 Å². The highest BCUT2D eigenvalue weighted by atomic mass is 16.5. The summed E-state index contributed by atoms with van der Waals surface area (Å²) >= 11 is 0. The molecule has 0 spiro atoms. The number of rotatable bonds is 8. The Hall–Kier alpha value is -3.97. The van der Waals surface area contributed by atoms with Gasteiger partial charge in [0.25, 0.3) is 11.5 Å². The number of benzene rings is 3. The molecular weight excluding hydrogens is 440 g/mol. The topological polar surface area (TPSA) is 76.5 Å². The molecule has 3 aromatic carbocycles. The molecule has 7 nitrogen and oxygen atoms in total. The monoisotopic (exact) mass is 468 g/mol. The highest BCUT2D eigenvalue weighted by Gasteiger charge is 2.17. The van der Waals surface area contributed by atoms with Gasteiger partial charge in [0.15, 0.2) is 0 Å². The van der Waals surface area contributed by atoms with Crippen molar-refractivity contribution >= 4 is 16.7 Å². The zero-order valence-electron chi connectivity index (χ0n) is 19.5. The number of amides is 1. The Morgan fingerprint density at radius 1 is 0.857 bits per heavy atom. The molecule has 0 bridgehead atoms. The van der Waals surface area contributed by atoms with Gasteiger partial charge in [-0.05, 0) is 56.3 Å². The quantitative estimate of drug-likeness (QED) is 0.419. The number of nitrogens with zero attached hydrogens (tertiary/aromatic N) is 3. The standard InChI is InChI=1S/C28H28N4O3/c33-27(24-14-6-7-15-26(24)35-21-10-2-1-3-11-21)29-20-25-22-12-4-5-13-23(22)28(34)32(30-25)19-18-31-16-8-9-17-31/h1-7,10-15H,8-9,16-20H2,(H,29,33). The molecule has 7 heteroatoms. The summed E-state index contributed by atoms with van der Waals surface area (Å²) in [4.78, 5) is 28.5. The van der Waals surface area contributed by atoms with E-state index in [1.54, 1.807) is 18.2 Å². The van der Waals surface area contributed by atoms with Gasteiger partial charge in [0.2, 0.25) is 0 Å². The van der Waals surface area contributed by atoms with Crippen LogP contribution in [0.25, 0.3) is 10.8 Å². The van der Waals surface area contributed by atoms with Crippen molar-refractivity contribution in [1.29, 1.82) is 0 Å². The third kappa shape index (κ3) is 5.25. The van der Waals surface area contributed by atoms with Crippen LogP contribution in [0.2, 0.25) is 0 Å². The van der Waals surface area contributed by atoms with Crippen molar-refractivity contribution in [3.63, 3.8) is 0 Å². The number of fused-ring (bicyclic) bond motifs is 1. The lowest BCUT2D eigenvalue weighted by Crippen LogP contribution is -2.32. The predicted molar refractivity (Wildman–Crippen MR) is 136 cm³/mol. The second kappa shape index (κ2) is 10.5. The summed E-state index contributed by atoms with van der Waals surface area (Å²) < 4.78 is 7.48. The molecule has 35 heavy (non-hydrogen) atoms. The van der Waals surface area contributed by atoms with Crippen LogP contribution in [0, 0.1) is 0 Å². The van der Waals surface area contributed by atoms with Gasteiger partial charge in [-0.3, -0.25) is 9.59 Å². The van der Waals surface area contributed by atoms with E-state index in [1.807, 2.05) is 60.7 Å². The number of para-hydroxylation sites is 2. The number of aromatic nitrogens is 2. The molecule has 1 aromatic heterocycles. The maximum absolute atomic E-state index is 13.1. The zero-order valence-corrected chi connectivity index (χ0v) is 19.5. The molecule has 0 unspecified atom stereocenters. The van der Waals surface area contributed by atoms with Crippen molar-refractivity contribution in [2.75, 3.05) is 19.6 Å². The highest BCUT2D eigenvalue weighted by molar-refractivity contribution is 5.97. The van der Waals surface area contributed by atoms with Crippen LogP contribution in [-0.2, 0) is 13.1 Å². The van der Waals surface area contributed by atoms with Gasteiger partial charge >= 0.3 is 0 Å². The van der Waals surface area contributed by atoms with Gasteiger partial charge in [-0.2, -0.15) is 5.10 Å². The lowest BCUT2D eigenvalue weighted by Gasteiger charge is -2.16. The van der Waals surface area contributed by atoms with Gasteiger partial charge in [-0.25, -0.2) is 4.68 Å². The van der Waals surface area contributed by atoms with Gasteiger partial charge < -0.3 is 15.0 Å². The summed E-state index contributed by atoms with van der Waals surface area (Å²) in [7, 11) is 0. The van der Waals surface area contributed by atoms with Crippen molar-refractivity contribution in [2.45, 2.75) is 25.9 Å². The number of ether oxygens (including phenoxy) is 1. The predicted octanol–water partition coefficient (Wildman–Crippen LogP) is 4.21. The molecule has 0 atom stereocenters. The molecule has 1 aliphatic rings. The second-order valence-corrected chi connectivity index (χ2v) is 8.66. The molecular formula is C28H28N4O3. The Balaban J connectivity index is 1.36. The van der Waals surface area contributed by atoms with E-state index in [4.69, 9.17) is 4.74 Å². The van der Waals surface area contributed by atoms with Gasteiger partial charge in [0.1, 0.15) is 11.5 Å². The minimum absolute atomic E-state index is 0.100. The second-order valence-electron chi connectivity index (χ2n) is 8.66. The van der Waals surface area contributed by atoms with Crippen LogP contribution in [0.15, 0.2) is 83.7 Å². The van der Waals surface area contributed by atoms with Crippen LogP contribution in [0.5, 0.6) is 11.5 Å². The summed E-state index contributed by atoms with van der Waals surface area (Å²) in [5.74, 6) is 0.868. The fourth-order valence-electron chi connectivity index (χ4n) is 4.45. The average Bonchev–Trinajstić information content (AvgIpc) is 3.42. The third-order valence-electron chi connectivity index (χ3n) is 6.29. The first-order chi connectivity index (χ1) is 17.2. The molecule has 0 saturated carbocycles. The van der Waals surface area contributed by atoms with E-state index in [-0.39, 0.29) is 18.0 Å².